The Balaban J connectivity index is 2.04. The minimum Gasteiger partial charge on any atom is -0.496 e. The van der Waals surface area contributed by atoms with Crippen molar-refractivity contribution >= 4 is 5.91 Å². The van der Waals surface area contributed by atoms with E-state index in [0.29, 0.717) is 12.2 Å². The molecule has 0 unspecified atom stereocenters. The average molecular weight is 329 g/mol. The summed E-state index contributed by atoms with van der Waals surface area (Å²) in [5.74, 6) is 0.769. The van der Waals surface area contributed by atoms with Gasteiger partial charge in [0.1, 0.15) is 11.4 Å². The van der Waals surface area contributed by atoms with Crippen LogP contribution in [0.25, 0.3) is 0 Å². The van der Waals surface area contributed by atoms with Crippen LogP contribution in [0.2, 0.25) is 0 Å². The molecule has 5 heteroatoms. The van der Waals surface area contributed by atoms with E-state index in [0.717, 1.165) is 24.3 Å². The highest BCUT2D eigenvalue weighted by molar-refractivity contribution is 5.92. The summed E-state index contributed by atoms with van der Waals surface area (Å²) in [5.41, 5.74) is 2.55. The fraction of sp³-hybridized carbons (Fsp3) is 0.474. The van der Waals surface area contributed by atoms with E-state index in [1.807, 2.05) is 32.2 Å². The number of benzene rings is 1. The van der Waals surface area contributed by atoms with Crippen molar-refractivity contribution in [3.63, 3.8) is 0 Å². The number of carbonyl (C=O) groups is 1. The van der Waals surface area contributed by atoms with Gasteiger partial charge in [0.05, 0.1) is 7.11 Å². The lowest BCUT2D eigenvalue weighted by Crippen LogP contribution is -2.31. The third kappa shape index (κ3) is 3.78. The summed E-state index contributed by atoms with van der Waals surface area (Å²) in [6.07, 6.45) is 1.80. The lowest BCUT2D eigenvalue weighted by atomic mass is 9.77. The SMILES string of the molecule is CC[C@@](C)(CCNC(=O)c1cc(C)n(C)n1)c1ccccc1OC. The van der Waals surface area contributed by atoms with Gasteiger partial charge in [-0.3, -0.25) is 9.48 Å². The summed E-state index contributed by atoms with van der Waals surface area (Å²) in [6.45, 7) is 6.90. The summed E-state index contributed by atoms with van der Waals surface area (Å²) < 4.78 is 7.21. The molecule has 5 nitrogen and oxygen atoms in total. The van der Waals surface area contributed by atoms with Gasteiger partial charge in [0, 0.05) is 24.8 Å². The smallest absolute Gasteiger partial charge is 0.271 e. The van der Waals surface area contributed by atoms with E-state index in [-0.39, 0.29) is 11.3 Å². The Labute approximate surface area is 144 Å². The van der Waals surface area contributed by atoms with Crippen molar-refractivity contribution in [1.29, 1.82) is 0 Å². The zero-order valence-electron chi connectivity index (χ0n) is 15.2. The molecule has 0 bridgehead atoms. The van der Waals surface area contributed by atoms with Gasteiger partial charge in [0.2, 0.25) is 0 Å². The van der Waals surface area contributed by atoms with E-state index in [1.165, 1.54) is 5.56 Å². The number of para-hydroxylation sites is 1. The fourth-order valence-corrected chi connectivity index (χ4v) is 2.86. The van der Waals surface area contributed by atoms with Crippen LogP contribution < -0.4 is 10.1 Å². The van der Waals surface area contributed by atoms with Gasteiger partial charge in [-0.25, -0.2) is 0 Å². The molecule has 2 aromatic rings. The third-order valence-corrected chi connectivity index (χ3v) is 4.85. The number of nitrogens with one attached hydrogen (secondary N) is 1. The van der Waals surface area contributed by atoms with E-state index in [9.17, 15) is 4.79 Å². The molecule has 0 fully saturated rings. The van der Waals surface area contributed by atoms with Crippen LogP contribution in [0.3, 0.4) is 0 Å². The molecule has 0 saturated carbocycles. The minimum atomic E-state index is -0.128. The van der Waals surface area contributed by atoms with Gasteiger partial charge in [-0.2, -0.15) is 5.10 Å². The molecule has 0 saturated heterocycles. The Hall–Kier alpha value is -2.30. The Bertz CT molecular complexity index is 689. The first-order chi connectivity index (χ1) is 11.4. The largest absolute Gasteiger partial charge is 0.496 e. The van der Waals surface area contributed by atoms with Crippen molar-refractivity contribution in [3.05, 3.63) is 47.3 Å². The summed E-state index contributed by atoms with van der Waals surface area (Å²) in [6, 6.07) is 9.89. The second kappa shape index (κ2) is 7.51. The van der Waals surface area contributed by atoms with Crippen LogP contribution in [0.15, 0.2) is 30.3 Å². The van der Waals surface area contributed by atoms with Gasteiger partial charge in [-0.05, 0) is 37.3 Å². The number of hydrogen-bond acceptors (Lipinski definition) is 3. The topological polar surface area (TPSA) is 56.2 Å². The maximum absolute atomic E-state index is 12.2. The zero-order valence-corrected chi connectivity index (χ0v) is 15.2. The molecule has 1 heterocycles. The summed E-state index contributed by atoms with van der Waals surface area (Å²) in [7, 11) is 3.53. The van der Waals surface area contributed by atoms with E-state index < -0.39 is 0 Å². The molecule has 1 atom stereocenters. The number of hydrogen-bond donors (Lipinski definition) is 1. The highest BCUT2D eigenvalue weighted by atomic mass is 16.5. The fourth-order valence-electron chi connectivity index (χ4n) is 2.86. The van der Waals surface area contributed by atoms with Crippen LogP contribution in [-0.2, 0) is 12.5 Å². The molecular formula is C19H27N3O2. The number of methoxy groups -OCH3 is 1. The summed E-state index contributed by atoms with van der Waals surface area (Å²) in [4.78, 5) is 12.2. The number of nitrogens with zero attached hydrogens (tertiary/aromatic N) is 2. The molecular weight excluding hydrogens is 302 g/mol. The maximum atomic E-state index is 12.2. The predicted octanol–water partition coefficient (Wildman–Crippen LogP) is 3.22. The van der Waals surface area contributed by atoms with E-state index in [2.05, 4.69) is 30.3 Å². The highest BCUT2D eigenvalue weighted by Crippen LogP contribution is 2.36. The molecule has 1 aromatic heterocycles. The zero-order chi connectivity index (χ0) is 17.7. The van der Waals surface area contributed by atoms with E-state index >= 15 is 0 Å². The number of amides is 1. The van der Waals surface area contributed by atoms with Crippen molar-refractivity contribution in [1.82, 2.24) is 15.1 Å². The van der Waals surface area contributed by atoms with Gasteiger partial charge in [0.15, 0.2) is 0 Å². The molecule has 24 heavy (non-hydrogen) atoms. The second-order valence-corrected chi connectivity index (χ2v) is 6.41. The van der Waals surface area contributed by atoms with Gasteiger partial charge in [0.25, 0.3) is 5.91 Å². The van der Waals surface area contributed by atoms with Crippen LogP contribution in [0.4, 0.5) is 0 Å². The quantitative estimate of drug-likeness (QED) is 0.848. The normalized spacial score (nSPS) is 13.4. The van der Waals surface area contributed by atoms with Crippen LogP contribution in [-0.4, -0.2) is 29.3 Å². The van der Waals surface area contributed by atoms with Crippen LogP contribution in [0.1, 0.15) is 48.4 Å². The number of ether oxygens (including phenoxy) is 1. The van der Waals surface area contributed by atoms with Crippen molar-refractivity contribution in [2.45, 2.75) is 39.0 Å². The van der Waals surface area contributed by atoms with Crippen molar-refractivity contribution in [3.8, 4) is 5.75 Å². The molecule has 1 amide bonds. The summed E-state index contributed by atoms with van der Waals surface area (Å²) in [5, 5.41) is 7.20. The standard InChI is InChI=1S/C19H27N3O2/c1-6-19(3,15-9-7-8-10-17(15)24-5)11-12-20-18(23)16-13-14(2)22(4)21-16/h7-10,13H,6,11-12H2,1-5H3,(H,20,23)/t19-/m0/s1. The molecule has 1 N–H and O–H groups in total. The number of rotatable bonds is 7. The Morgan fingerprint density at radius 3 is 2.67 bits per heavy atom. The lowest BCUT2D eigenvalue weighted by molar-refractivity contribution is 0.0945. The number of carbonyl (C=O) groups excluding carboxylic acids is 1. The first kappa shape index (κ1) is 18.0. The third-order valence-electron chi connectivity index (χ3n) is 4.85. The molecule has 2 rings (SSSR count). The molecule has 0 radical (unpaired) electrons. The van der Waals surface area contributed by atoms with Gasteiger partial charge >= 0.3 is 0 Å². The number of aromatic nitrogens is 2. The predicted molar refractivity (Wildman–Crippen MR) is 95.5 cm³/mol. The van der Waals surface area contributed by atoms with Crippen LogP contribution >= 0.6 is 0 Å². The second-order valence-electron chi connectivity index (χ2n) is 6.41. The van der Waals surface area contributed by atoms with Gasteiger partial charge < -0.3 is 10.1 Å². The Kier molecular flexibility index (Phi) is 5.65. The summed E-state index contributed by atoms with van der Waals surface area (Å²) >= 11 is 0. The molecule has 0 spiro atoms. The van der Waals surface area contributed by atoms with Crippen LogP contribution in [0, 0.1) is 6.92 Å². The van der Waals surface area contributed by atoms with E-state index in [4.69, 9.17) is 4.74 Å². The van der Waals surface area contributed by atoms with E-state index in [1.54, 1.807) is 17.9 Å². The first-order valence-electron chi connectivity index (χ1n) is 8.33. The monoisotopic (exact) mass is 329 g/mol. The van der Waals surface area contributed by atoms with Gasteiger partial charge in [-0.1, -0.05) is 32.0 Å². The Morgan fingerprint density at radius 1 is 1.38 bits per heavy atom. The molecule has 0 aliphatic heterocycles. The number of aryl methyl sites for hydroxylation is 2. The van der Waals surface area contributed by atoms with Crippen molar-refractivity contribution in [2.24, 2.45) is 7.05 Å². The molecule has 130 valence electrons. The van der Waals surface area contributed by atoms with Crippen molar-refractivity contribution in [2.75, 3.05) is 13.7 Å². The van der Waals surface area contributed by atoms with Crippen LogP contribution in [0.5, 0.6) is 5.75 Å². The molecule has 0 aliphatic carbocycles. The molecule has 0 aliphatic rings. The van der Waals surface area contributed by atoms with Crippen molar-refractivity contribution < 1.29 is 9.53 Å². The molecule has 1 aromatic carbocycles. The minimum absolute atomic E-state index is 0.0556. The lowest BCUT2D eigenvalue weighted by Gasteiger charge is -2.30. The average Bonchev–Trinajstić information content (AvgIpc) is 2.93. The van der Waals surface area contributed by atoms with Gasteiger partial charge in [-0.15, -0.1) is 0 Å². The highest BCUT2D eigenvalue weighted by Gasteiger charge is 2.27. The first-order valence-corrected chi connectivity index (χ1v) is 8.33. The Morgan fingerprint density at radius 2 is 2.08 bits per heavy atom. The maximum Gasteiger partial charge on any atom is 0.271 e.